The van der Waals surface area contributed by atoms with E-state index in [2.05, 4.69) is 25.5 Å². The molecule has 0 radical (unpaired) electrons. The Morgan fingerprint density at radius 2 is 2.00 bits per heavy atom. The number of carbonyl (C=O) groups excluding carboxylic acids is 1. The van der Waals surface area contributed by atoms with Gasteiger partial charge >= 0.3 is 0 Å². The minimum atomic E-state index is -0.259. The molecule has 0 fully saturated rings. The number of pyridine rings is 1. The van der Waals surface area contributed by atoms with E-state index in [1.165, 1.54) is 0 Å². The average Bonchev–Trinajstić information content (AvgIpc) is 2.89. The van der Waals surface area contributed by atoms with E-state index in [-0.39, 0.29) is 17.1 Å². The molecular formula is C14H19N5O. The highest BCUT2D eigenvalue weighted by Gasteiger charge is 2.20. The summed E-state index contributed by atoms with van der Waals surface area (Å²) in [6, 6.07) is 3.85. The molecular weight excluding hydrogens is 254 g/mol. The summed E-state index contributed by atoms with van der Waals surface area (Å²) in [6.45, 7) is 6.58. The standard InChI is InChI=1S/C14H19N5O/c1-14(2,3)13-17-11(18-19-13)12(20)16-9-6-10-4-7-15-8-5-10/h4-5,7-8H,6,9H2,1-3H3,(H,16,20)(H,17,18,19). The van der Waals surface area contributed by atoms with Crippen molar-refractivity contribution in [3.05, 3.63) is 41.7 Å². The molecule has 106 valence electrons. The van der Waals surface area contributed by atoms with Crippen molar-refractivity contribution in [1.29, 1.82) is 0 Å². The van der Waals surface area contributed by atoms with Crippen molar-refractivity contribution in [2.24, 2.45) is 0 Å². The van der Waals surface area contributed by atoms with Crippen LogP contribution in [0.15, 0.2) is 24.5 Å². The lowest BCUT2D eigenvalue weighted by molar-refractivity contribution is 0.0944. The van der Waals surface area contributed by atoms with E-state index < -0.39 is 0 Å². The summed E-state index contributed by atoms with van der Waals surface area (Å²) in [4.78, 5) is 20.1. The predicted molar refractivity (Wildman–Crippen MR) is 75.4 cm³/mol. The van der Waals surface area contributed by atoms with Crippen LogP contribution in [0, 0.1) is 0 Å². The third-order valence-electron chi connectivity index (χ3n) is 2.85. The van der Waals surface area contributed by atoms with E-state index >= 15 is 0 Å². The van der Waals surface area contributed by atoms with Gasteiger partial charge in [0.15, 0.2) is 0 Å². The van der Waals surface area contributed by atoms with Gasteiger partial charge in [0.25, 0.3) is 5.91 Å². The van der Waals surface area contributed by atoms with Gasteiger partial charge in [-0.25, -0.2) is 4.98 Å². The molecule has 0 bridgehead atoms. The van der Waals surface area contributed by atoms with Crippen molar-refractivity contribution in [3.63, 3.8) is 0 Å². The summed E-state index contributed by atoms with van der Waals surface area (Å²) in [7, 11) is 0. The number of hydrogen-bond donors (Lipinski definition) is 2. The zero-order chi connectivity index (χ0) is 14.6. The summed E-state index contributed by atoms with van der Waals surface area (Å²) in [5.74, 6) is 0.632. The monoisotopic (exact) mass is 273 g/mol. The Kier molecular flexibility index (Phi) is 4.12. The van der Waals surface area contributed by atoms with Crippen molar-refractivity contribution < 1.29 is 4.79 Å². The second-order valence-corrected chi connectivity index (χ2v) is 5.62. The zero-order valence-electron chi connectivity index (χ0n) is 12.0. The van der Waals surface area contributed by atoms with Crippen LogP contribution in [0.5, 0.6) is 0 Å². The van der Waals surface area contributed by atoms with Gasteiger partial charge in [-0.1, -0.05) is 20.8 Å². The van der Waals surface area contributed by atoms with Gasteiger partial charge in [-0.05, 0) is 24.1 Å². The molecule has 0 saturated carbocycles. The third kappa shape index (κ3) is 3.63. The molecule has 0 aliphatic carbocycles. The van der Waals surface area contributed by atoms with Crippen LogP contribution in [0.3, 0.4) is 0 Å². The van der Waals surface area contributed by atoms with E-state index in [0.717, 1.165) is 12.0 Å². The summed E-state index contributed by atoms with van der Waals surface area (Å²) in [5, 5.41) is 9.56. The molecule has 6 heteroatoms. The van der Waals surface area contributed by atoms with Gasteiger partial charge < -0.3 is 5.32 Å². The number of aromatic nitrogens is 4. The van der Waals surface area contributed by atoms with E-state index in [4.69, 9.17) is 0 Å². The normalized spacial score (nSPS) is 11.3. The molecule has 20 heavy (non-hydrogen) atoms. The van der Waals surface area contributed by atoms with E-state index in [1.807, 2.05) is 32.9 Å². The van der Waals surface area contributed by atoms with Gasteiger partial charge in [-0.2, -0.15) is 0 Å². The lowest BCUT2D eigenvalue weighted by Crippen LogP contribution is -2.27. The molecule has 0 aliphatic rings. The van der Waals surface area contributed by atoms with Crippen LogP contribution in [0.4, 0.5) is 0 Å². The lowest BCUT2D eigenvalue weighted by Gasteiger charge is -2.12. The van der Waals surface area contributed by atoms with Crippen LogP contribution in [0.2, 0.25) is 0 Å². The highest BCUT2D eigenvalue weighted by atomic mass is 16.2. The molecule has 2 aromatic heterocycles. The van der Waals surface area contributed by atoms with Crippen molar-refractivity contribution in [1.82, 2.24) is 25.5 Å². The molecule has 2 aromatic rings. The summed E-state index contributed by atoms with van der Waals surface area (Å²) >= 11 is 0. The van der Waals surface area contributed by atoms with Crippen LogP contribution in [-0.2, 0) is 11.8 Å². The Balaban J connectivity index is 1.88. The highest BCUT2D eigenvalue weighted by Crippen LogP contribution is 2.17. The predicted octanol–water partition coefficient (Wildman–Crippen LogP) is 1.47. The SMILES string of the molecule is CC(C)(C)c1nc(C(=O)NCCc2ccncc2)n[nH]1. The summed E-state index contributed by atoms with van der Waals surface area (Å²) < 4.78 is 0. The molecule has 0 spiro atoms. The second-order valence-electron chi connectivity index (χ2n) is 5.62. The first-order valence-electron chi connectivity index (χ1n) is 6.57. The van der Waals surface area contributed by atoms with Crippen molar-refractivity contribution >= 4 is 5.91 Å². The number of carbonyl (C=O) groups is 1. The zero-order valence-corrected chi connectivity index (χ0v) is 12.0. The Labute approximate surface area is 118 Å². The number of nitrogens with zero attached hydrogens (tertiary/aromatic N) is 3. The minimum Gasteiger partial charge on any atom is -0.349 e. The van der Waals surface area contributed by atoms with Gasteiger partial charge in [0.2, 0.25) is 5.82 Å². The molecule has 2 heterocycles. The average molecular weight is 273 g/mol. The number of hydrogen-bond acceptors (Lipinski definition) is 4. The number of H-pyrrole nitrogens is 1. The van der Waals surface area contributed by atoms with Gasteiger partial charge in [-0.15, -0.1) is 5.10 Å². The van der Waals surface area contributed by atoms with Crippen LogP contribution >= 0.6 is 0 Å². The second kappa shape index (κ2) is 5.81. The quantitative estimate of drug-likeness (QED) is 0.883. The van der Waals surface area contributed by atoms with Crippen LogP contribution in [-0.4, -0.2) is 32.6 Å². The molecule has 2 rings (SSSR count). The first-order chi connectivity index (χ1) is 9.47. The topological polar surface area (TPSA) is 83.6 Å². The Bertz CT molecular complexity index is 571. The maximum Gasteiger partial charge on any atom is 0.290 e. The highest BCUT2D eigenvalue weighted by molar-refractivity contribution is 5.90. The maximum atomic E-state index is 11.9. The fourth-order valence-electron chi connectivity index (χ4n) is 1.65. The first-order valence-corrected chi connectivity index (χ1v) is 6.57. The number of rotatable bonds is 4. The molecule has 6 nitrogen and oxygen atoms in total. The number of amides is 1. The summed E-state index contributed by atoms with van der Waals surface area (Å²) in [5.41, 5.74) is 0.980. The minimum absolute atomic E-state index is 0.150. The number of nitrogens with one attached hydrogen (secondary N) is 2. The molecule has 2 N–H and O–H groups in total. The molecule has 1 amide bonds. The summed E-state index contributed by atoms with van der Waals surface area (Å²) in [6.07, 6.45) is 4.23. The Morgan fingerprint density at radius 1 is 1.30 bits per heavy atom. The molecule has 0 unspecified atom stereocenters. The molecule has 0 atom stereocenters. The molecule has 0 aliphatic heterocycles. The van der Waals surface area contributed by atoms with Crippen LogP contribution < -0.4 is 5.32 Å². The Hall–Kier alpha value is -2.24. The smallest absolute Gasteiger partial charge is 0.290 e. The molecule has 0 saturated heterocycles. The fraction of sp³-hybridized carbons (Fsp3) is 0.429. The van der Waals surface area contributed by atoms with E-state index in [1.54, 1.807) is 12.4 Å². The van der Waals surface area contributed by atoms with E-state index in [0.29, 0.717) is 12.4 Å². The van der Waals surface area contributed by atoms with E-state index in [9.17, 15) is 4.79 Å². The third-order valence-corrected chi connectivity index (χ3v) is 2.85. The van der Waals surface area contributed by atoms with Gasteiger partial charge in [0.1, 0.15) is 5.82 Å². The maximum absolute atomic E-state index is 11.9. The lowest BCUT2D eigenvalue weighted by atomic mass is 9.96. The number of aromatic amines is 1. The van der Waals surface area contributed by atoms with Gasteiger partial charge in [0.05, 0.1) is 0 Å². The van der Waals surface area contributed by atoms with Gasteiger partial charge in [0, 0.05) is 24.4 Å². The Morgan fingerprint density at radius 3 is 2.60 bits per heavy atom. The fourth-order valence-corrected chi connectivity index (χ4v) is 1.65. The van der Waals surface area contributed by atoms with Crippen molar-refractivity contribution in [3.8, 4) is 0 Å². The molecule has 0 aromatic carbocycles. The van der Waals surface area contributed by atoms with Crippen LogP contribution in [0.25, 0.3) is 0 Å². The van der Waals surface area contributed by atoms with Crippen molar-refractivity contribution in [2.45, 2.75) is 32.6 Å². The first kappa shape index (κ1) is 14.2. The largest absolute Gasteiger partial charge is 0.349 e. The van der Waals surface area contributed by atoms with Crippen molar-refractivity contribution in [2.75, 3.05) is 6.54 Å². The van der Waals surface area contributed by atoms with Gasteiger partial charge in [-0.3, -0.25) is 14.9 Å². The van der Waals surface area contributed by atoms with Crippen LogP contribution in [0.1, 0.15) is 42.8 Å².